The minimum absolute atomic E-state index is 0.133. The fourth-order valence-electron chi connectivity index (χ4n) is 2.93. The van der Waals surface area contributed by atoms with Crippen LogP contribution in [-0.4, -0.2) is 36.3 Å². The lowest BCUT2D eigenvalue weighted by atomic mass is 10.1. The van der Waals surface area contributed by atoms with Crippen LogP contribution < -0.4 is 0 Å². The first-order chi connectivity index (χ1) is 11.5. The molecule has 0 aliphatic carbocycles. The van der Waals surface area contributed by atoms with Crippen LogP contribution in [0.1, 0.15) is 34.2 Å². The first kappa shape index (κ1) is 15.4. The lowest BCUT2D eigenvalue weighted by molar-refractivity contribution is 0.0650. The van der Waals surface area contributed by atoms with Gasteiger partial charge in [0.05, 0.1) is 22.8 Å². The summed E-state index contributed by atoms with van der Waals surface area (Å²) in [5, 5.41) is 0.438. The molecular weight excluding hydrogens is 349 g/mol. The van der Waals surface area contributed by atoms with Crippen molar-refractivity contribution >= 4 is 28.8 Å². The molecule has 3 aromatic heterocycles. The molecule has 1 atom stereocenters. The van der Waals surface area contributed by atoms with E-state index in [-0.39, 0.29) is 17.1 Å². The molecule has 1 aliphatic heterocycles. The van der Waals surface area contributed by atoms with Crippen molar-refractivity contribution in [1.82, 2.24) is 23.8 Å². The Morgan fingerprint density at radius 1 is 1.38 bits per heavy atom. The summed E-state index contributed by atoms with van der Waals surface area (Å²) in [6, 6.07) is 2.73. The number of fused-ring (bicyclic) bond motifs is 1. The van der Waals surface area contributed by atoms with Gasteiger partial charge in [0.2, 0.25) is 0 Å². The second-order valence-electron chi connectivity index (χ2n) is 5.58. The van der Waals surface area contributed by atoms with Gasteiger partial charge in [-0.2, -0.15) is 8.76 Å². The Hall–Kier alpha value is -2.13. The summed E-state index contributed by atoms with van der Waals surface area (Å²) in [7, 11) is 0. The average Bonchev–Trinajstić information content (AvgIpc) is 3.26. The van der Waals surface area contributed by atoms with Crippen LogP contribution in [0.25, 0.3) is 10.8 Å². The minimum Gasteiger partial charge on any atom is -0.328 e. The van der Waals surface area contributed by atoms with Crippen LogP contribution in [0.2, 0.25) is 0 Å². The number of amides is 1. The molecule has 1 aliphatic rings. The third kappa shape index (κ3) is 2.44. The molecule has 24 heavy (non-hydrogen) atoms. The number of thiophene rings is 1. The molecule has 0 radical (unpaired) electrons. The van der Waals surface area contributed by atoms with E-state index in [4.69, 9.17) is 0 Å². The molecule has 0 saturated carbocycles. The molecule has 0 bridgehead atoms. The molecule has 9 heteroatoms. The summed E-state index contributed by atoms with van der Waals surface area (Å²) in [5.74, 6) is 1.38. The van der Waals surface area contributed by atoms with Gasteiger partial charge in [-0.25, -0.2) is 9.97 Å². The van der Waals surface area contributed by atoms with E-state index >= 15 is 0 Å². The third-order valence-corrected chi connectivity index (χ3v) is 5.77. The van der Waals surface area contributed by atoms with Gasteiger partial charge in [-0.1, -0.05) is 0 Å². The van der Waals surface area contributed by atoms with Crippen LogP contribution in [-0.2, 0) is 6.54 Å². The maximum atomic E-state index is 13.2. The van der Waals surface area contributed by atoms with Gasteiger partial charge in [0.25, 0.3) is 5.91 Å². The van der Waals surface area contributed by atoms with Gasteiger partial charge in [-0.3, -0.25) is 4.79 Å². The highest BCUT2D eigenvalue weighted by Gasteiger charge is 2.31. The number of aromatic nitrogens is 4. The van der Waals surface area contributed by atoms with Gasteiger partial charge in [-0.05, 0) is 37.5 Å². The number of carbonyl (C=O) groups is 1. The van der Waals surface area contributed by atoms with Crippen molar-refractivity contribution in [3.8, 4) is 10.8 Å². The summed E-state index contributed by atoms with van der Waals surface area (Å²) in [6.45, 7) is 4.99. The number of nitrogens with zero attached hydrogens (tertiary/aromatic N) is 5. The highest BCUT2D eigenvalue weighted by Crippen LogP contribution is 2.32. The van der Waals surface area contributed by atoms with Crippen LogP contribution in [0.4, 0.5) is 4.39 Å². The van der Waals surface area contributed by atoms with Gasteiger partial charge < -0.3 is 9.47 Å². The summed E-state index contributed by atoms with van der Waals surface area (Å²) in [6.07, 6.45) is 1.78. The van der Waals surface area contributed by atoms with E-state index in [0.717, 1.165) is 33.7 Å². The zero-order chi connectivity index (χ0) is 16.8. The van der Waals surface area contributed by atoms with E-state index in [1.807, 2.05) is 13.8 Å². The zero-order valence-electron chi connectivity index (χ0n) is 13.1. The summed E-state index contributed by atoms with van der Waals surface area (Å²) in [4.78, 5) is 23.7. The van der Waals surface area contributed by atoms with E-state index in [9.17, 15) is 9.18 Å². The van der Waals surface area contributed by atoms with E-state index in [2.05, 4.69) is 18.9 Å². The van der Waals surface area contributed by atoms with Crippen molar-refractivity contribution in [2.75, 3.05) is 6.54 Å². The highest BCUT2D eigenvalue weighted by molar-refractivity contribution is 7.12. The molecule has 0 N–H and O–H groups in total. The van der Waals surface area contributed by atoms with Crippen molar-refractivity contribution in [2.24, 2.45) is 0 Å². The molecule has 124 valence electrons. The second-order valence-corrected chi connectivity index (χ2v) is 7.37. The van der Waals surface area contributed by atoms with Crippen molar-refractivity contribution in [3.05, 3.63) is 39.9 Å². The topological polar surface area (TPSA) is 63.9 Å². The molecule has 0 spiro atoms. The monoisotopic (exact) mass is 363 g/mol. The van der Waals surface area contributed by atoms with Crippen molar-refractivity contribution in [2.45, 2.75) is 26.4 Å². The summed E-state index contributed by atoms with van der Waals surface area (Å²) < 4.78 is 19.5. The summed E-state index contributed by atoms with van der Waals surface area (Å²) >= 11 is 2.20. The molecule has 6 nitrogen and oxygen atoms in total. The number of rotatable bonds is 2. The first-order valence-corrected chi connectivity index (χ1v) is 9.06. The molecular formula is C15H14FN5OS2. The van der Waals surface area contributed by atoms with Gasteiger partial charge in [0, 0.05) is 13.1 Å². The first-order valence-electron chi connectivity index (χ1n) is 7.47. The lowest BCUT2D eigenvalue weighted by Gasteiger charge is -2.34. The van der Waals surface area contributed by atoms with Crippen LogP contribution in [0, 0.1) is 12.1 Å². The van der Waals surface area contributed by atoms with Crippen molar-refractivity contribution in [3.63, 3.8) is 0 Å². The maximum Gasteiger partial charge on any atom is 0.264 e. The summed E-state index contributed by atoms with van der Waals surface area (Å²) in [5.41, 5.74) is 0.953. The highest BCUT2D eigenvalue weighted by atomic mass is 32.1. The number of hydrogen-bond donors (Lipinski definition) is 0. The zero-order valence-corrected chi connectivity index (χ0v) is 14.7. The number of halogens is 1. The quantitative estimate of drug-likeness (QED) is 0.702. The van der Waals surface area contributed by atoms with E-state index in [0.29, 0.717) is 18.0 Å². The maximum absolute atomic E-state index is 13.2. The Balaban J connectivity index is 1.65. The predicted octanol–water partition coefficient (Wildman–Crippen LogP) is 3.13. The van der Waals surface area contributed by atoms with Gasteiger partial charge in [0.1, 0.15) is 5.82 Å². The van der Waals surface area contributed by atoms with Crippen LogP contribution in [0.3, 0.4) is 0 Å². The number of carbonyl (C=O) groups excluding carboxylic acids is 1. The van der Waals surface area contributed by atoms with Crippen molar-refractivity contribution in [1.29, 1.82) is 0 Å². The molecule has 4 rings (SSSR count). The van der Waals surface area contributed by atoms with Crippen LogP contribution >= 0.6 is 22.9 Å². The second kappa shape index (κ2) is 5.75. The van der Waals surface area contributed by atoms with E-state index in [1.165, 1.54) is 23.7 Å². The van der Waals surface area contributed by atoms with Crippen LogP contribution in [0.5, 0.6) is 0 Å². The number of aryl methyl sites for hydroxylation is 1. The normalized spacial score (nSPS) is 17.1. The van der Waals surface area contributed by atoms with E-state index in [1.54, 1.807) is 11.1 Å². The molecule has 0 saturated heterocycles. The Kier molecular flexibility index (Phi) is 3.69. The standard InChI is InChI=1S/C15H14FN5OS2/c1-8-10-7-17-13(14-18-9(2)19-24-14)21(10)6-5-20(8)15(22)11-3-4-12(16)23-11/h3-4,7-8H,5-6H2,1-2H3/t8-/m1/s1. The minimum atomic E-state index is -0.345. The predicted molar refractivity (Wildman–Crippen MR) is 89.6 cm³/mol. The Morgan fingerprint density at radius 3 is 2.88 bits per heavy atom. The molecule has 0 aromatic carbocycles. The fraction of sp³-hybridized carbons (Fsp3) is 0.333. The van der Waals surface area contributed by atoms with Crippen LogP contribution in [0.15, 0.2) is 18.3 Å². The molecule has 1 amide bonds. The Bertz CT molecular complexity index is 915. The fourth-order valence-corrected chi connectivity index (χ4v) is 4.29. The third-order valence-electron chi connectivity index (χ3n) is 4.11. The molecule has 4 heterocycles. The van der Waals surface area contributed by atoms with Gasteiger partial charge in [-0.15, -0.1) is 11.3 Å². The lowest BCUT2D eigenvalue weighted by Crippen LogP contribution is -2.40. The largest absolute Gasteiger partial charge is 0.328 e. The SMILES string of the molecule is Cc1nsc(-c2ncc3n2CCN(C(=O)c2ccc(F)s2)[C@@H]3C)n1. The molecule has 0 unspecified atom stereocenters. The Labute approximate surface area is 145 Å². The Morgan fingerprint density at radius 2 is 2.21 bits per heavy atom. The van der Waals surface area contributed by atoms with Gasteiger partial charge >= 0.3 is 0 Å². The van der Waals surface area contributed by atoms with Crippen molar-refractivity contribution < 1.29 is 9.18 Å². The number of imidazole rings is 1. The van der Waals surface area contributed by atoms with E-state index < -0.39 is 0 Å². The molecule has 3 aromatic rings. The number of hydrogen-bond acceptors (Lipinski definition) is 6. The molecule has 0 fully saturated rings. The average molecular weight is 363 g/mol. The van der Waals surface area contributed by atoms with Gasteiger partial charge in [0.15, 0.2) is 16.0 Å². The smallest absolute Gasteiger partial charge is 0.264 e.